The summed E-state index contributed by atoms with van der Waals surface area (Å²) < 4.78 is 1.81. The number of aryl methyl sites for hydroxylation is 1. The van der Waals surface area contributed by atoms with Crippen molar-refractivity contribution in [1.29, 1.82) is 0 Å². The van der Waals surface area contributed by atoms with E-state index in [9.17, 15) is 0 Å². The van der Waals surface area contributed by atoms with E-state index < -0.39 is 0 Å². The summed E-state index contributed by atoms with van der Waals surface area (Å²) in [5, 5.41) is 7.61. The molecule has 0 atom stereocenters. The SMILES string of the molecule is Cn1cc(-c2nccc3c2CCCN3)cn1. The third-order valence-electron chi connectivity index (χ3n) is 2.95. The van der Waals surface area contributed by atoms with Gasteiger partial charge in [-0.25, -0.2) is 0 Å². The van der Waals surface area contributed by atoms with Crippen molar-refractivity contribution in [3.63, 3.8) is 0 Å². The summed E-state index contributed by atoms with van der Waals surface area (Å²) in [4.78, 5) is 4.48. The molecule has 16 heavy (non-hydrogen) atoms. The van der Waals surface area contributed by atoms with Gasteiger partial charge in [0.25, 0.3) is 0 Å². The Bertz CT molecular complexity index is 515. The van der Waals surface area contributed by atoms with Gasteiger partial charge in [0.1, 0.15) is 0 Å². The van der Waals surface area contributed by atoms with Crippen molar-refractivity contribution in [2.24, 2.45) is 7.05 Å². The molecule has 0 spiro atoms. The molecule has 0 aliphatic carbocycles. The normalized spacial score (nSPS) is 14.3. The van der Waals surface area contributed by atoms with Crippen LogP contribution in [0.2, 0.25) is 0 Å². The topological polar surface area (TPSA) is 42.7 Å². The van der Waals surface area contributed by atoms with Crippen LogP contribution < -0.4 is 5.32 Å². The Hall–Kier alpha value is -1.84. The standard InChI is InChI=1S/C12H14N4/c1-16-8-9(7-15-16)12-10-3-2-5-13-11(10)4-6-14-12/h4,6-8,13H,2-3,5H2,1H3. The second-order valence-electron chi connectivity index (χ2n) is 4.12. The quantitative estimate of drug-likeness (QED) is 0.787. The van der Waals surface area contributed by atoms with Gasteiger partial charge in [-0.15, -0.1) is 0 Å². The van der Waals surface area contributed by atoms with Crippen LogP contribution in [0.15, 0.2) is 24.7 Å². The highest BCUT2D eigenvalue weighted by atomic mass is 15.2. The molecule has 2 aromatic rings. The third kappa shape index (κ3) is 1.46. The van der Waals surface area contributed by atoms with Crippen LogP contribution >= 0.6 is 0 Å². The molecule has 3 rings (SSSR count). The van der Waals surface area contributed by atoms with E-state index in [4.69, 9.17) is 0 Å². The summed E-state index contributed by atoms with van der Waals surface area (Å²) in [5.74, 6) is 0. The van der Waals surface area contributed by atoms with E-state index in [1.807, 2.05) is 36.4 Å². The van der Waals surface area contributed by atoms with E-state index >= 15 is 0 Å². The van der Waals surface area contributed by atoms with Gasteiger partial charge in [-0.1, -0.05) is 0 Å². The Morgan fingerprint density at radius 3 is 3.19 bits per heavy atom. The van der Waals surface area contributed by atoms with Crippen molar-refractivity contribution in [3.05, 3.63) is 30.2 Å². The maximum Gasteiger partial charge on any atom is 0.0786 e. The van der Waals surface area contributed by atoms with Gasteiger partial charge >= 0.3 is 0 Å². The number of pyridine rings is 1. The first-order chi connectivity index (χ1) is 7.84. The van der Waals surface area contributed by atoms with Crippen LogP contribution in [0.25, 0.3) is 11.3 Å². The van der Waals surface area contributed by atoms with Gasteiger partial charge in [-0.3, -0.25) is 9.67 Å². The summed E-state index contributed by atoms with van der Waals surface area (Å²) in [6.45, 7) is 1.06. The molecular weight excluding hydrogens is 200 g/mol. The fourth-order valence-corrected chi connectivity index (χ4v) is 2.19. The predicted molar refractivity (Wildman–Crippen MR) is 63.2 cm³/mol. The fraction of sp³-hybridized carbons (Fsp3) is 0.333. The number of hydrogen-bond donors (Lipinski definition) is 1. The van der Waals surface area contributed by atoms with Gasteiger partial charge in [0.05, 0.1) is 11.9 Å². The van der Waals surface area contributed by atoms with Gasteiger partial charge in [0, 0.05) is 42.8 Å². The Kier molecular flexibility index (Phi) is 2.13. The maximum absolute atomic E-state index is 4.48. The van der Waals surface area contributed by atoms with Crippen LogP contribution in [-0.4, -0.2) is 21.3 Å². The minimum absolute atomic E-state index is 1.06. The number of aromatic nitrogens is 3. The number of nitrogens with zero attached hydrogens (tertiary/aromatic N) is 3. The number of anilines is 1. The molecule has 0 saturated carbocycles. The van der Waals surface area contributed by atoms with Gasteiger partial charge in [0.15, 0.2) is 0 Å². The molecule has 0 fully saturated rings. The number of hydrogen-bond acceptors (Lipinski definition) is 3. The summed E-state index contributed by atoms with van der Waals surface area (Å²) in [7, 11) is 1.93. The van der Waals surface area contributed by atoms with Gasteiger partial charge in [-0.2, -0.15) is 5.10 Å². The van der Waals surface area contributed by atoms with E-state index in [0.29, 0.717) is 0 Å². The van der Waals surface area contributed by atoms with Crippen LogP contribution in [0, 0.1) is 0 Å². The maximum atomic E-state index is 4.48. The summed E-state index contributed by atoms with van der Waals surface area (Å²) in [6, 6.07) is 2.05. The van der Waals surface area contributed by atoms with Crippen LogP contribution in [-0.2, 0) is 13.5 Å². The second-order valence-corrected chi connectivity index (χ2v) is 4.12. The molecular formula is C12H14N4. The number of fused-ring (bicyclic) bond motifs is 1. The Balaban J connectivity index is 2.13. The highest BCUT2D eigenvalue weighted by molar-refractivity contribution is 5.70. The minimum atomic E-state index is 1.06. The van der Waals surface area contributed by atoms with E-state index in [0.717, 1.165) is 24.2 Å². The van der Waals surface area contributed by atoms with Crippen molar-refractivity contribution in [2.45, 2.75) is 12.8 Å². The molecule has 4 nitrogen and oxygen atoms in total. The van der Waals surface area contributed by atoms with Crippen LogP contribution in [0.3, 0.4) is 0 Å². The average Bonchev–Trinajstić information content (AvgIpc) is 2.75. The lowest BCUT2D eigenvalue weighted by Gasteiger charge is -2.19. The van der Waals surface area contributed by atoms with E-state index in [2.05, 4.69) is 15.4 Å². The zero-order valence-electron chi connectivity index (χ0n) is 9.27. The molecule has 2 aromatic heterocycles. The molecule has 0 unspecified atom stereocenters. The summed E-state index contributed by atoms with van der Waals surface area (Å²) in [6.07, 6.45) is 8.01. The average molecular weight is 214 g/mol. The third-order valence-corrected chi connectivity index (χ3v) is 2.95. The fourth-order valence-electron chi connectivity index (χ4n) is 2.19. The van der Waals surface area contributed by atoms with Crippen molar-refractivity contribution in [3.8, 4) is 11.3 Å². The monoisotopic (exact) mass is 214 g/mol. The minimum Gasteiger partial charge on any atom is -0.385 e. The van der Waals surface area contributed by atoms with Gasteiger partial charge in [0.2, 0.25) is 0 Å². The van der Waals surface area contributed by atoms with Crippen molar-refractivity contribution < 1.29 is 0 Å². The van der Waals surface area contributed by atoms with E-state index in [1.54, 1.807) is 0 Å². The lowest BCUT2D eigenvalue weighted by molar-refractivity contribution is 0.768. The Labute approximate surface area is 94.3 Å². The molecule has 82 valence electrons. The first kappa shape index (κ1) is 9.39. The lowest BCUT2D eigenvalue weighted by Crippen LogP contribution is -2.13. The Morgan fingerprint density at radius 2 is 2.38 bits per heavy atom. The molecule has 0 saturated heterocycles. The van der Waals surface area contributed by atoms with Crippen LogP contribution in [0.1, 0.15) is 12.0 Å². The molecule has 1 aliphatic rings. The molecule has 4 heteroatoms. The summed E-state index contributed by atoms with van der Waals surface area (Å²) in [5.41, 5.74) is 4.71. The predicted octanol–water partition coefficient (Wildman–Crippen LogP) is 1.84. The highest BCUT2D eigenvalue weighted by Crippen LogP contribution is 2.30. The second kappa shape index (κ2) is 3.63. The van der Waals surface area contributed by atoms with Gasteiger partial charge in [-0.05, 0) is 18.9 Å². The first-order valence-corrected chi connectivity index (χ1v) is 5.55. The van der Waals surface area contributed by atoms with Crippen molar-refractivity contribution in [2.75, 3.05) is 11.9 Å². The molecule has 1 aliphatic heterocycles. The van der Waals surface area contributed by atoms with Gasteiger partial charge < -0.3 is 5.32 Å². The molecule has 0 amide bonds. The molecule has 1 N–H and O–H groups in total. The zero-order valence-corrected chi connectivity index (χ0v) is 9.27. The first-order valence-electron chi connectivity index (χ1n) is 5.55. The zero-order chi connectivity index (χ0) is 11.0. The number of rotatable bonds is 1. The summed E-state index contributed by atoms with van der Waals surface area (Å²) >= 11 is 0. The van der Waals surface area contributed by atoms with Crippen molar-refractivity contribution >= 4 is 5.69 Å². The molecule has 0 radical (unpaired) electrons. The van der Waals surface area contributed by atoms with Crippen LogP contribution in [0.4, 0.5) is 5.69 Å². The van der Waals surface area contributed by atoms with Crippen molar-refractivity contribution in [1.82, 2.24) is 14.8 Å². The lowest BCUT2D eigenvalue weighted by atomic mass is 9.99. The molecule has 3 heterocycles. The highest BCUT2D eigenvalue weighted by Gasteiger charge is 2.15. The largest absolute Gasteiger partial charge is 0.385 e. The molecule has 0 aromatic carbocycles. The Morgan fingerprint density at radius 1 is 1.44 bits per heavy atom. The van der Waals surface area contributed by atoms with E-state index in [1.165, 1.54) is 17.7 Å². The number of nitrogens with one attached hydrogen (secondary N) is 1. The van der Waals surface area contributed by atoms with Crippen LogP contribution in [0.5, 0.6) is 0 Å². The molecule has 0 bridgehead atoms. The van der Waals surface area contributed by atoms with E-state index in [-0.39, 0.29) is 0 Å². The smallest absolute Gasteiger partial charge is 0.0786 e.